The molecule has 2 N–H and O–H groups in total. The number of benzene rings is 1. The number of anilines is 1. The maximum absolute atomic E-state index is 13.3. The summed E-state index contributed by atoms with van der Waals surface area (Å²) in [7, 11) is 0. The zero-order valence-corrected chi connectivity index (χ0v) is 12.3. The van der Waals surface area contributed by atoms with Gasteiger partial charge in [0.25, 0.3) is 0 Å². The minimum atomic E-state index is -0.406. The number of halogens is 1. The highest BCUT2D eigenvalue weighted by molar-refractivity contribution is 5.92. The Morgan fingerprint density at radius 3 is 2.55 bits per heavy atom. The van der Waals surface area contributed by atoms with Gasteiger partial charge in [0.1, 0.15) is 5.82 Å². The van der Waals surface area contributed by atoms with Crippen LogP contribution < -0.4 is 10.6 Å². The zero-order valence-electron chi connectivity index (χ0n) is 12.3. The van der Waals surface area contributed by atoms with E-state index in [0.717, 1.165) is 13.0 Å². The molecule has 0 saturated heterocycles. The Hall–Kier alpha value is -1.42. The van der Waals surface area contributed by atoms with Crippen molar-refractivity contribution >= 4 is 11.6 Å². The van der Waals surface area contributed by atoms with Crippen LogP contribution in [0.25, 0.3) is 0 Å². The third-order valence-electron chi connectivity index (χ3n) is 3.14. The van der Waals surface area contributed by atoms with Gasteiger partial charge in [0.2, 0.25) is 5.91 Å². The van der Waals surface area contributed by atoms with E-state index in [1.54, 1.807) is 18.2 Å². The van der Waals surface area contributed by atoms with Crippen LogP contribution in [0.3, 0.4) is 0 Å². The second-order valence-corrected chi connectivity index (χ2v) is 4.97. The molecule has 112 valence electrons. The lowest BCUT2D eigenvalue weighted by Crippen LogP contribution is -2.29. The van der Waals surface area contributed by atoms with E-state index >= 15 is 0 Å². The third kappa shape index (κ3) is 7.24. The van der Waals surface area contributed by atoms with Gasteiger partial charge in [0, 0.05) is 0 Å². The Kier molecular flexibility index (Phi) is 8.63. The van der Waals surface area contributed by atoms with E-state index in [1.807, 2.05) is 0 Å². The van der Waals surface area contributed by atoms with Crippen molar-refractivity contribution in [1.29, 1.82) is 0 Å². The van der Waals surface area contributed by atoms with Crippen molar-refractivity contribution in [2.45, 2.75) is 45.4 Å². The predicted octanol–water partition coefficient (Wildman–Crippen LogP) is 3.71. The second kappa shape index (κ2) is 10.4. The summed E-state index contributed by atoms with van der Waals surface area (Å²) in [5, 5.41) is 5.63. The highest BCUT2D eigenvalue weighted by atomic mass is 19.1. The molecule has 1 rings (SSSR count). The van der Waals surface area contributed by atoms with Crippen molar-refractivity contribution in [3.05, 3.63) is 30.1 Å². The van der Waals surface area contributed by atoms with E-state index in [1.165, 1.54) is 38.2 Å². The first-order valence-corrected chi connectivity index (χ1v) is 7.49. The summed E-state index contributed by atoms with van der Waals surface area (Å²) >= 11 is 0. The van der Waals surface area contributed by atoms with Crippen LogP contribution in [0.2, 0.25) is 0 Å². The number of nitrogens with one attached hydrogen (secondary N) is 2. The van der Waals surface area contributed by atoms with Gasteiger partial charge in [-0.15, -0.1) is 0 Å². The van der Waals surface area contributed by atoms with Crippen LogP contribution >= 0.6 is 0 Å². The highest BCUT2D eigenvalue weighted by Crippen LogP contribution is 2.11. The van der Waals surface area contributed by atoms with Crippen LogP contribution in [0.5, 0.6) is 0 Å². The van der Waals surface area contributed by atoms with E-state index in [4.69, 9.17) is 0 Å². The summed E-state index contributed by atoms with van der Waals surface area (Å²) in [5.74, 6) is -0.613. The fourth-order valence-corrected chi connectivity index (χ4v) is 1.99. The molecule has 0 saturated carbocycles. The SMILES string of the molecule is CCCCCCCCNCC(=O)Nc1ccccc1F. The summed E-state index contributed by atoms with van der Waals surface area (Å²) in [6, 6.07) is 6.19. The molecule has 0 aliphatic rings. The molecule has 0 heterocycles. The van der Waals surface area contributed by atoms with Crippen LogP contribution in [0, 0.1) is 5.82 Å². The van der Waals surface area contributed by atoms with E-state index in [0.29, 0.717) is 0 Å². The molecule has 0 aromatic heterocycles. The number of unbranched alkanes of at least 4 members (excludes halogenated alkanes) is 5. The fraction of sp³-hybridized carbons (Fsp3) is 0.562. The maximum Gasteiger partial charge on any atom is 0.238 e. The quantitative estimate of drug-likeness (QED) is 0.641. The Labute approximate surface area is 121 Å². The molecule has 0 atom stereocenters. The summed E-state index contributed by atoms with van der Waals surface area (Å²) in [5.41, 5.74) is 0.235. The Morgan fingerprint density at radius 1 is 1.10 bits per heavy atom. The molecule has 0 fully saturated rings. The highest BCUT2D eigenvalue weighted by Gasteiger charge is 2.05. The van der Waals surface area contributed by atoms with Crippen LogP contribution in [-0.4, -0.2) is 19.0 Å². The first kappa shape index (κ1) is 16.6. The zero-order chi connectivity index (χ0) is 14.6. The lowest BCUT2D eigenvalue weighted by Gasteiger charge is -2.07. The van der Waals surface area contributed by atoms with Gasteiger partial charge in [-0.25, -0.2) is 4.39 Å². The maximum atomic E-state index is 13.3. The topological polar surface area (TPSA) is 41.1 Å². The molecule has 0 bridgehead atoms. The van der Waals surface area contributed by atoms with Crippen LogP contribution in [-0.2, 0) is 4.79 Å². The number of hydrogen-bond donors (Lipinski definition) is 2. The number of rotatable bonds is 10. The fourth-order valence-electron chi connectivity index (χ4n) is 1.99. The van der Waals surface area contributed by atoms with Crippen molar-refractivity contribution in [3.63, 3.8) is 0 Å². The number of hydrogen-bond acceptors (Lipinski definition) is 2. The van der Waals surface area contributed by atoms with Gasteiger partial charge in [0.15, 0.2) is 0 Å². The van der Waals surface area contributed by atoms with Crippen molar-refractivity contribution < 1.29 is 9.18 Å². The van der Waals surface area contributed by atoms with E-state index in [9.17, 15) is 9.18 Å². The molecule has 0 spiro atoms. The average Bonchev–Trinajstić information content (AvgIpc) is 2.44. The van der Waals surface area contributed by atoms with Gasteiger partial charge < -0.3 is 10.6 Å². The molecule has 0 aliphatic heterocycles. The average molecular weight is 280 g/mol. The Morgan fingerprint density at radius 2 is 1.80 bits per heavy atom. The summed E-state index contributed by atoms with van der Waals surface area (Å²) in [6.45, 7) is 3.26. The van der Waals surface area contributed by atoms with Gasteiger partial charge >= 0.3 is 0 Å². The molecular weight excluding hydrogens is 255 g/mol. The minimum absolute atomic E-state index is 0.207. The molecule has 1 amide bonds. The van der Waals surface area contributed by atoms with Gasteiger partial charge in [-0.1, -0.05) is 51.2 Å². The molecular formula is C16H25FN2O. The van der Waals surface area contributed by atoms with Crippen molar-refractivity contribution in [2.24, 2.45) is 0 Å². The molecule has 1 aromatic carbocycles. The molecule has 20 heavy (non-hydrogen) atoms. The van der Waals surface area contributed by atoms with Gasteiger partial charge in [-0.2, -0.15) is 0 Å². The van der Waals surface area contributed by atoms with E-state index in [2.05, 4.69) is 17.6 Å². The normalized spacial score (nSPS) is 10.5. The number of carbonyl (C=O) groups is 1. The molecule has 0 aliphatic carbocycles. The number of carbonyl (C=O) groups excluding carboxylic acids is 1. The van der Waals surface area contributed by atoms with Gasteiger partial charge in [0.05, 0.1) is 12.2 Å². The van der Waals surface area contributed by atoms with Crippen LogP contribution in [0.15, 0.2) is 24.3 Å². The van der Waals surface area contributed by atoms with E-state index in [-0.39, 0.29) is 18.1 Å². The summed E-state index contributed by atoms with van der Waals surface area (Å²) < 4.78 is 13.3. The smallest absolute Gasteiger partial charge is 0.238 e. The Bertz CT molecular complexity index is 396. The Balaban J connectivity index is 2.05. The molecule has 3 nitrogen and oxygen atoms in total. The minimum Gasteiger partial charge on any atom is -0.322 e. The largest absolute Gasteiger partial charge is 0.322 e. The molecule has 0 radical (unpaired) electrons. The first-order chi connectivity index (χ1) is 9.74. The molecule has 4 heteroatoms. The monoisotopic (exact) mass is 280 g/mol. The number of amides is 1. The van der Waals surface area contributed by atoms with Crippen LogP contribution in [0.4, 0.5) is 10.1 Å². The lowest BCUT2D eigenvalue weighted by atomic mass is 10.1. The van der Waals surface area contributed by atoms with E-state index < -0.39 is 5.82 Å². The standard InChI is InChI=1S/C16H25FN2O/c1-2-3-4-5-6-9-12-18-13-16(20)19-15-11-8-7-10-14(15)17/h7-8,10-11,18H,2-6,9,12-13H2,1H3,(H,19,20). The second-order valence-electron chi connectivity index (χ2n) is 4.97. The molecule has 1 aromatic rings. The van der Waals surface area contributed by atoms with Crippen molar-refractivity contribution in [3.8, 4) is 0 Å². The van der Waals surface area contributed by atoms with Gasteiger partial charge in [-0.05, 0) is 25.1 Å². The predicted molar refractivity (Wildman–Crippen MR) is 81.3 cm³/mol. The number of para-hydroxylation sites is 1. The third-order valence-corrected chi connectivity index (χ3v) is 3.14. The molecule has 0 unspecified atom stereocenters. The van der Waals surface area contributed by atoms with Crippen molar-refractivity contribution in [1.82, 2.24) is 5.32 Å². The lowest BCUT2D eigenvalue weighted by molar-refractivity contribution is -0.115. The van der Waals surface area contributed by atoms with Gasteiger partial charge in [-0.3, -0.25) is 4.79 Å². The van der Waals surface area contributed by atoms with Crippen molar-refractivity contribution in [2.75, 3.05) is 18.4 Å². The summed E-state index contributed by atoms with van der Waals surface area (Å²) in [4.78, 5) is 11.6. The first-order valence-electron chi connectivity index (χ1n) is 7.49. The summed E-state index contributed by atoms with van der Waals surface area (Å²) in [6.07, 6.45) is 7.40. The van der Waals surface area contributed by atoms with Crippen LogP contribution in [0.1, 0.15) is 45.4 Å².